The minimum absolute atomic E-state index is 0.0494. The minimum Gasteiger partial charge on any atom is -0.450 e. The van der Waals surface area contributed by atoms with Crippen LogP contribution < -0.4 is 10.6 Å². The molecular weight excluding hydrogens is 320 g/mol. The topological polar surface area (TPSA) is 85.2 Å². The fourth-order valence-electron chi connectivity index (χ4n) is 2.32. The van der Waals surface area contributed by atoms with Crippen LogP contribution in [0.25, 0.3) is 5.69 Å². The molecule has 0 bridgehead atoms. The Hall–Kier alpha value is -2.83. The quantitative estimate of drug-likeness (QED) is 0.807. The Morgan fingerprint density at radius 3 is 2.52 bits per heavy atom. The lowest BCUT2D eigenvalue weighted by Gasteiger charge is -2.21. The molecule has 1 aromatic heterocycles. The van der Waals surface area contributed by atoms with Crippen LogP contribution in [0.15, 0.2) is 42.7 Å². The van der Waals surface area contributed by atoms with Gasteiger partial charge in [-0.05, 0) is 36.6 Å². The molecule has 0 aliphatic heterocycles. The van der Waals surface area contributed by atoms with Crippen molar-refractivity contribution in [3.05, 3.63) is 48.3 Å². The molecule has 0 saturated carbocycles. The maximum Gasteiger partial charge on any atom is 0.407 e. The van der Waals surface area contributed by atoms with Gasteiger partial charge in [-0.15, -0.1) is 0 Å². The molecular formula is C18H24N4O3. The summed E-state index contributed by atoms with van der Waals surface area (Å²) in [6, 6.07) is 8.95. The van der Waals surface area contributed by atoms with Crippen molar-refractivity contribution in [2.75, 3.05) is 6.61 Å². The Morgan fingerprint density at radius 1 is 1.24 bits per heavy atom. The molecule has 1 unspecified atom stereocenters. The van der Waals surface area contributed by atoms with E-state index in [1.54, 1.807) is 17.8 Å². The molecule has 1 atom stereocenters. The molecule has 7 nitrogen and oxygen atoms in total. The summed E-state index contributed by atoms with van der Waals surface area (Å²) in [4.78, 5) is 23.9. The van der Waals surface area contributed by atoms with E-state index in [1.165, 1.54) is 0 Å². The molecule has 2 amide bonds. The van der Waals surface area contributed by atoms with Gasteiger partial charge in [0.1, 0.15) is 6.04 Å². The number of nitrogens with zero attached hydrogens (tertiary/aromatic N) is 2. The summed E-state index contributed by atoms with van der Waals surface area (Å²) in [5.74, 6) is -0.286. The first-order valence-corrected chi connectivity index (χ1v) is 8.31. The molecule has 0 spiro atoms. The number of amides is 2. The van der Waals surface area contributed by atoms with Crippen LogP contribution in [-0.2, 0) is 16.1 Å². The number of hydrogen-bond acceptors (Lipinski definition) is 4. The zero-order valence-electron chi connectivity index (χ0n) is 14.7. The van der Waals surface area contributed by atoms with Crippen LogP contribution in [0.5, 0.6) is 0 Å². The standard InChI is InChI=1S/C18H24N4O3/c1-4-25-18(24)21-16(13(2)3)17(23)19-12-14-6-8-15(9-7-14)22-11-5-10-20-22/h5-11,13,16H,4,12H2,1-3H3,(H,19,23)(H,21,24). The summed E-state index contributed by atoms with van der Waals surface area (Å²) < 4.78 is 6.61. The molecule has 0 saturated heterocycles. The van der Waals surface area contributed by atoms with Crippen LogP contribution in [0.1, 0.15) is 26.3 Å². The van der Waals surface area contributed by atoms with Gasteiger partial charge < -0.3 is 15.4 Å². The number of rotatable bonds is 7. The highest BCUT2D eigenvalue weighted by molar-refractivity contribution is 5.85. The number of nitrogens with one attached hydrogen (secondary N) is 2. The third kappa shape index (κ3) is 5.34. The fourth-order valence-corrected chi connectivity index (χ4v) is 2.32. The Kier molecular flexibility index (Phi) is 6.56. The van der Waals surface area contributed by atoms with Crippen molar-refractivity contribution >= 4 is 12.0 Å². The third-order valence-electron chi connectivity index (χ3n) is 3.67. The van der Waals surface area contributed by atoms with Crippen LogP contribution in [-0.4, -0.2) is 34.4 Å². The second kappa shape index (κ2) is 8.86. The summed E-state index contributed by atoms with van der Waals surface area (Å²) in [7, 11) is 0. The largest absolute Gasteiger partial charge is 0.450 e. The molecule has 2 rings (SSSR count). The Morgan fingerprint density at radius 2 is 1.96 bits per heavy atom. The Bertz CT molecular complexity index is 681. The lowest BCUT2D eigenvalue weighted by molar-refractivity contribution is -0.124. The molecule has 2 aromatic rings. The highest BCUT2D eigenvalue weighted by Gasteiger charge is 2.24. The van der Waals surface area contributed by atoms with Crippen molar-refractivity contribution in [2.45, 2.75) is 33.4 Å². The predicted molar refractivity (Wildman–Crippen MR) is 94.2 cm³/mol. The van der Waals surface area contributed by atoms with Crippen molar-refractivity contribution in [3.63, 3.8) is 0 Å². The molecule has 25 heavy (non-hydrogen) atoms. The van der Waals surface area contributed by atoms with E-state index in [0.29, 0.717) is 6.54 Å². The zero-order chi connectivity index (χ0) is 18.2. The molecule has 7 heteroatoms. The first-order chi connectivity index (χ1) is 12.0. The lowest BCUT2D eigenvalue weighted by Crippen LogP contribution is -2.49. The summed E-state index contributed by atoms with van der Waals surface area (Å²) in [5, 5.41) is 9.62. The van der Waals surface area contributed by atoms with E-state index in [2.05, 4.69) is 15.7 Å². The summed E-state index contributed by atoms with van der Waals surface area (Å²) in [6.45, 7) is 6.11. The Balaban J connectivity index is 1.92. The monoisotopic (exact) mass is 344 g/mol. The van der Waals surface area contributed by atoms with Gasteiger partial charge in [0, 0.05) is 18.9 Å². The van der Waals surface area contributed by atoms with E-state index in [9.17, 15) is 9.59 Å². The average molecular weight is 344 g/mol. The van der Waals surface area contributed by atoms with E-state index >= 15 is 0 Å². The van der Waals surface area contributed by atoms with Crippen LogP contribution in [0.3, 0.4) is 0 Å². The van der Waals surface area contributed by atoms with Crippen molar-refractivity contribution in [1.82, 2.24) is 20.4 Å². The number of ether oxygens (including phenoxy) is 1. The van der Waals surface area contributed by atoms with Gasteiger partial charge in [-0.1, -0.05) is 26.0 Å². The molecule has 1 aromatic carbocycles. The molecule has 0 aliphatic carbocycles. The van der Waals surface area contributed by atoms with Gasteiger partial charge in [-0.3, -0.25) is 4.79 Å². The molecule has 2 N–H and O–H groups in total. The molecule has 0 radical (unpaired) electrons. The fraction of sp³-hybridized carbons (Fsp3) is 0.389. The predicted octanol–water partition coefficient (Wildman–Crippen LogP) is 2.26. The average Bonchev–Trinajstić information content (AvgIpc) is 3.12. The second-order valence-electron chi connectivity index (χ2n) is 5.92. The maximum atomic E-state index is 12.4. The van der Waals surface area contributed by atoms with Gasteiger partial charge in [0.15, 0.2) is 0 Å². The Labute approximate surface area is 147 Å². The van der Waals surface area contributed by atoms with E-state index in [0.717, 1.165) is 11.3 Å². The van der Waals surface area contributed by atoms with Gasteiger partial charge in [-0.2, -0.15) is 5.10 Å². The highest BCUT2D eigenvalue weighted by Crippen LogP contribution is 2.09. The number of hydrogen-bond donors (Lipinski definition) is 2. The molecule has 1 heterocycles. The second-order valence-corrected chi connectivity index (χ2v) is 5.92. The summed E-state index contributed by atoms with van der Waals surface area (Å²) in [5.41, 5.74) is 1.91. The van der Waals surface area contributed by atoms with Crippen LogP contribution >= 0.6 is 0 Å². The third-order valence-corrected chi connectivity index (χ3v) is 3.67. The number of carbonyl (C=O) groups is 2. The molecule has 134 valence electrons. The summed E-state index contributed by atoms with van der Waals surface area (Å²) >= 11 is 0. The number of benzene rings is 1. The zero-order valence-corrected chi connectivity index (χ0v) is 14.7. The first-order valence-electron chi connectivity index (χ1n) is 8.31. The SMILES string of the molecule is CCOC(=O)NC(C(=O)NCc1ccc(-n2cccn2)cc1)C(C)C. The van der Waals surface area contributed by atoms with E-state index in [1.807, 2.05) is 50.4 Å². The van der Waals surface area contributed by atoms with E-state index < -0.39 is 12.1 Å². The van der Waals surface area contributed by atoms with Crippen LogP contribution in [0, 0.1) is 5.92 Å². The summed E-state index contributed by atoms with van der Waals surface area (Å²) in [6.07, 6.45) is 3.00. The smallest absolute Gasteiger partial charge is 0.407 e. The van der Waals surface area contributed by atoms with Gasteiger partial charge in [0.2, 0.25) is 5.91 Å². The van der Waals surface area contributed by atoms with Crippen molar-refractivity contribution in [1.29, 1.82) is 0 Å². The first kappa shape index (κ1) is 18.5. The normalized spacial score (nSPS) is 11.8. The highest BCUT2D eigenvalue weighted by atomic mass is 16.5. The van der Waals surface area contributed by atoms with Gasteiger partial charge >= 0.3 is 6.09 Å². The van der Waals surface area contributed by atoms with Crippen molar-refractivity contribution in [3.8, 4) is 5.69 Å². The van der Waals surface area contributed by atoms with Crippen molar-refractivity contribution < 1.29 is 14.3 Å². The van der Waals surface area contributed by atoms with E-state index in [-0.39, 0.29) is 18.4 Å². The van der Waals surface area contributed by atoms with Crippen LogP contribution in [0.2, 0.25) is 0 Å². The number of aromatic nitrogens is 2. The molecule has 0 fully saturated rings. The maximum absolute atomic E-state index is 12.4. The lowest BCUT2D eigenvalue weighted by atomic mass is 10.0. The minimum atomic E-state index is -0.637. The van der Waals surface area contributed by atoms with E-state index in [4.69, 9.17) is 4.74 Å². The van der Waals surface area contributed by atoms with Gasteiger partial charge in [-0.25, -0.2) is 9.48 Å². The van der Waals surface area contributed by atoms with Gasteiger partial charge in [0.25, 0.3) is 0 Å². The number of carbonyl (C=O) groups excluding carboxylic acids is 2. The number of alkyl carbamates (subject to hydrolysis) is 1. The van der Waals surface area contributed by atoms with Crippen LogP contribution in [0.4, 0.5) is 4.79 Å². The van der Waals surface area contributed by atoms with Gasteiger partial charge in [0.05, 0.1) is 12.3 Å². The van der Waals surface area contributed by atoms with Crippen molar-refractivity contribution in [2.24, 2.45) is 5.92 Å². The molecule has 0 aliphatic rings.